The van der Waals surface area contributed by atoms with Crippen LogP contribution in [0.2, 0.25) is 5.02 Å². The Morgan fingerprint density at radius 1 is 1.41 bits per heavy atom. The molecule has 1 aromatic rings. The third-order valence-electron chi connectivity index (χ3n) is 2.63. The normalized spacial score (nSPS) is 10.8. The molecule has 0 atom stereocenters. The van der Waals surface area contributed by atoms with Crippen LogP contribution >= 0.6 is 11.6 Å². The Hall–Kier alpha value is -0.870. The first kappa shape index (κ1) is 14.2. The fourth-order valence-electron chi connectivity index (χ4n) is 1.70. The second kappa shape index (κ2) is 6.77. The minimum Gasteiger partial charge on any atom is -0.310 e. The predicted molar refractivity (Wildman–Crippen MR) is 69.5 cm³/mol. The molecule has 0 saturated heterocycles. The summed E-state index contributed by atoms with van der Waals surface area (Å²) >= 11 is 6.23. The summed E-state index contributed by atoms with van der Waals surface area (Å²) in [5, 5.41) is 8.07. The maximum absolute atomic E-state index is 11.7. The number of hydrogen-bond acceptors (Lipinski definition) is 3. The van der Waals surface area contributed by atoms with Gasteiger partial charge < -0.3 is 5.32 Å². The number of Topliss-reactive ketones (excluding diaryl/α,β-unsaturated/α-hetero) is 1. The number of likely N-dealkylation sites (N-methyl/N-ethyl adjacent to an activating group) is 1. The molecular formula is C12H20ClN3O. The second-order valence-corrected chi connectivity index (χ2v) is 4.25. The van der Waals surface area contributed by atoms with E-state index in [-0.39, 0.29) is 5.78 Å². The van der Waals surface area contributed by atoms with Gasteiger partial charge in [0.05, 0.1) is 29.4 Å². The van der Waals surface area contributed by atoms with Gasteiger partial charge >= 0.3 is 0 Å². The smallest absolute Gasteiger partial charge is 0.152 e. The van der Waals surface area contributed by atoms with E-state index in [1.54, 1.807) is 0 Å². The van der Waals surface area contributed by atoms with E-state index >= 15 is 0 Å². The minimum absolute atomic E-state index is 0.144. The Bertz CT molecular complexity index is 387. The van der Waals surface area contributed by atoms with Crippen LogP contribution in [0.25, 0.3) is 0 Å². The Morgan fingerprint density at radius 2 is 2.12 bits per heavy atom. The molecule has 1 heterocycles. The molecule has 0 saturated carbocycles. The number of carbonyl (C=O) groups is 1. The Balaban J connectivity index is 2.81. The van der Waals surface area contributed by atoms with Crippen LogP contribution in [0.3, 0.4) is 0 Å². The summed E-state index contributed by atoms with van der Waals surface area (Å²) in [4.78, 5) is 11.7. The molecule has 0 fully saturated rings. The van der Waals surface area contributed by atoms with Crippen LogP contribution in [0.4, 0.5) is 0 Å². The van der Waals surface area contributed by atoms with Crippen molar-refractivity contribution in [2.24, 2.45) is 0 Å². The van der Waals surface area contributed by atoms with Gasteiger partial charge in [0, 0.05) is 6.54 Å². The molecule has 0 aliphatic heterocycles. The van der Waals surface area contributed by atoms with Gasteiger partial charge in [0.15, 0.2) is 5.78 Å². The summed E-state index contributed by atoms with van der Waals surface area (Å²) in [6.45, 7) is 7.92. The van der Waals surface area contributed by atoms with Crippen molar-refractivity contribution in [2.75, 3.05) is 13.1 Å². The SMILES string of the molecule is CCNCC(=O)Cc1c(Cl)c(CC)nn1CC. The first-order valence-corrected chi connectivity index (χ1v) is 6.48. The highest BCUT2D eigenvalue weighted by atomic mass is 35.5. The van der Waals surface area contributed by atoms with E-state index in [4.69, 9.17) is 11.6 Å². The lowest BCUT2D eigenvalue weighted by Crippen LogP contribution is -2.24. The van der Waals surface area contributed by atoms with Gasteiger partial charge in [-0.1, -0.05) is 25.4 Å². The number of aromatic nitrogens is 2. The summed E-state index contributed by atoms with van der Waals surface area (Å²) in [5.74, 6) is 0.144. The summed E-state index contributed by atoms with van der Waals surface area (Å²) in [6, 6.07) is 0. The molecule has 0 spiro atoms. The molecule has 1 rings (SSSR count). The van der Waals surface area contributed by atoms with Crippen LogP contribution in [-0.2, 0) is 24.2 Å². The van der Waals surface area contributed by atoms with Crippen molar-refractivity contribution in [1.29, 1.82) is 0 Å². The zero-order chi connectivity index (χ0) is 12.8. The molecule has 0 amide bonds. The Morgan fingerprint density at radius 3 is 2.65 bits per heavy atom. The first-order chi connectivity index (χ1) is 8.13. The van der Waals surface area contributed by atoms with E-state index in [1.165, 1.54) is 0 Å². The number of nitrogens with one attached hydrogen (secondary N) is 1. The van der Waals surface area contributed by atoms with Crippen LogP contribution in [0.15, 0.2) is 0 Å². The van der Waals surface area contributed by atoms with E-state index in [2.05, 4.69) is 10.4 Å². The molecule has 0 aliphatic rings. The van der Waals surface area contributed by atoms with Crippen molar-refractivity contribution in [3.05, 3.63) is 16.4 Å². The third-order valence-corrected chi connectivity index (χ3v) is 3.07. The van der Waals surface area contributed by atoms with Gasteiger partial charge in [-0.05, 0) is 19.9 Å². The molecule has 0 unspecified atom stereocenters. The van der Waals surface area contributed by atoms with Crippen molar-refractivity contribution in [3.63, 3.8) is 0 Å². The molecule has 17 heavy (non-hydrogen) atoms. The van der Waals surface area contributed by atoms with Crippen LogP contribution in [0.5, 0.6) is 0 Å². The van der Waals surface area contributed by atoms with Crippen molar-refractivity contribution < 1.29 is 4.79 Å². The van der Waals surface area contributed by atoms with Gasteiger partial charge in [-0.3, -0.25) is 9.48 Å². The highest BCUT2D eigenvalue weighted by Crippen LogP contribution is 2.22. The van der Waals surface area contributed by atoms with Gasteiger partial charge in [0.2, 0.25) is 0 Å². The molecule has 0 radical (unpaired) electrons. The average Bonchev–Trinajstić information content (AvgIpc) is 2.63. The molecule has 5 heteroatoms. The number of hydrogen-bond donors (Lipinski definition) is 1. The number of nitrogens with zero attached hydrogens (tertiary/aromatic N) is 2. The van der Waals surface area contributed by atoms with E-state index in [0.29, 0.717) is 18.0 Å². The molecule has 96 valence electrons. The minimum atomic E-state index is 0.144. The number of ketones is 1. The third kappa shape index (κ3) is 3.54. The van der Waals surface area contributed by atoms with Crippen molar-refractivity contribution >= 4 is 17.4 Å². The maximum Gasteiger partial charge on any atom is 0.152 e. The highest BCUT2D eigenvalue weighted by Gasteiger charge is 2.16. The highest BCUT2D eigenvalue weighted by molar-refractivity contribution is 6.32. The fourth-order valence-corrected chi connectivity index (χ4v) is 2.04. The number of aryl methyl sites for hydroxylation is 2. The Kier molecular flexibility index (Phi) is 5.65. The van der Waals surface area contributed by atoms with E-state index in [1.807, 2.05) is 25.5 Å². The van der Waals surface area contributed by atoms with E-state index in [9.17, 15) is 4.79 Å². The number of rotatable bonds is 7. The molecule has 1 aromatic heterocycles. The largest absolute Gasteiger partial charge is 0.310 e. The summed E-state index contributed by atoms with van der Waals surface area (Å²) in [6.07, 6.45) is 1.15. The monoisotopic (exact) mass is 257 g/mol. The lowest BCUT2D eigenvalue weighted by molar-refractivity contribution is -0.117. The molecule has 0 bridgehead atoms. The van der Waals surface area contributed by atoms with E-state index < -0.39 is 0 Å². The summed E-state index contributed by atoms with van der Waals surface area (Å²) in [7, 11) is 0. The number of carbonyl (C=O) groups excluding carboxylic acids is 1. The van der Waals surface area contributed by atoms with Crippen LogP contribution in [0, 0.1) is 0 Å². The molecule has 0 aromatic carbocycles. The average molecular weight is 258 g/mol. The van der Waals surface area contributed by atoms with Gasteiger partial charge in [-0.25, -0.2) is 0 Å². The standard InChI is InChI=1S/C12H20ClN3O/c1-4-10-12(13)11(16(6-3)15-10)7-9(17)8-14-5-2/h14H,4-8H2,1-3H3. The summed E-state index contributed by atoms with van der Waals surface area (Å²) < 4.78 is 1.82. The second-order valence-electron chi connectivity index (χ2n) is 3.87. The molecule has 0 aliphatic carbocycles. The van der Waals surface area contributed by atoms with E-state index in [0.717, 1.165) is 30.9 Å². The molecular weight excluding hydrogens is 238 g/mol. The molecule has 4 nitrogen and oxygen atoms in total. The van der Waals surface area contributed by atoms with Crippen LogP contribution in [-0.4, -0.2) is 28.7 Å². The van der Waals surface area contributed by atoms with Crippen molar-refractivity contribution in [2.45, 2.75) is 40.2 Å². The van der Waals surface area contributed by atoms with Crippen LogP contribution < -0.4 is 5.32 Å². The molecule has 1 N–H and O–H groups in total. The number of halogens is 1. The topological polar surface area (TPSA) is 46.9 Å². The zero-order valence-electron chi connectivity index (χ0n) is 10.7. The first-order valence-electron chi connectivity index (χ1n) is 6.10. The lowest BCUT2D eigenvalue weighted by Gasteiger charge is -2.05. The quantitative estimate of drug-likeness (QED) is 0.811. The van der Waals surface area contributed by atoms with Gasteiger partial charge in [-0.2, -0.15) is 5.10 Å². The lowest BCUT2D eigenvalue weighted by atomic mass is 10.2. The van der Waals surface area contributed by atoms with Crippen molar-refractivity contribution in [1.82, 2.24) is 15.1 Å². The maximum atomic E-state index is 11.7. The van der Waals surface area contributed by atoms with Gasteiger partial charge in [-0.15, -0.1) is 0 Å². The zero-order valence-corrected chi connectivity index (χ0v) is 11.5. The van der Waals surface area contributed by atoms with Gasteiger partial charge in [0.1, 0.15) is 0 Å². The Labute approximate surface area is 107 Å². The van der Waals surface area contributed by atoms with Crippen LogP contribution in [0.1, 0.15) is 32.2 Å². The summed E-state index contributed by atoms with van der Waals surface area (Å²) in [5.41, 5.74) is 1.72. The van der Waals surface area contributed by atoms with Crippen molar-refractivity contribution in [3.8, 4) is 0 Å². The fraction of sp³-hybridized carbons (Fsp3) is 0.667. The predicted octanol–water partition coefficient (Wildman–Crippen LogP) is 1.84. The van der Waals surface area contributed by atoms with Gasteiger partial charge in [0.25, 0.3) is 0 Å².